The standard InChI is InChI=1S/C16H19NO4S/c1-21-15-9-8-14(16(13(15)11-18)22(2,19)20)17-10-12-6-4-3-5-7-12/h3-9,17-18H,10-11H2,1-2H3. The van der Waals surface area contributed by atoms with Crippen LogP contribution in [0.25, 0.3) is 0 Å². The van der Waals surface area contributed by atoms with E-state index in [0.29, 0.717) is 18.0 Å². The quantitative estimate of drug-likeness (QED) is 0.853. The molecule has 2 rings (SSSR count). The third kappa shape index (κ3) is 3.58. The molecule has 0 aromatic heterocycles. The van der Waals surface area contributed by atoms with Crippen molar-refractivity contribution in [3.63, 3.8) is 0 Å². The van der Waals surface area contributed by atoms with Crippen LogP contribution < -0.4 is 10.1 Å². The summed E-state index contributed by atoms with van der Waals surface area (Å²) in [6.45, 7) is 0.0764. The molecule has 0 amide bonds. The van der Waals surface area contributed by atoms with Crippen molar-refractivity contribution in [1.29, 1.82) is 0 Å². The Bertz CT molecular complexity index is 742. The van der Waals surface area contributed by atoms with Crippen molar-refractivity contribution in [2.24, 2.45) is 0 Å². The molecule has 2 N–H and O–H groups in total. The molecule has 0 aliphatic heterocycles. The lowest BCUT2D eigenvalue weighted by Gasteiger charge is -2.17. The number of aliphatic hydroxyl groups is 1. The van der Waals surface area contributed by atoms with Gasteiger partial charge in [0.15, 0.2) is 9.84 Å². The van der Waals surface area contributed by atoms with E-state index in [9.17, 15) is 13.5 Å². The van der Waals surface area contributed by atoms with Crippen molar-refractivity contribution in [1.82, 2.24) is 0 Å². The molecule has 0 saturated heterocycles. The lowest BCUT2D eigenvalue weighted by Crippen LogP contribution is -2.10. The van der Waals surface area contributed by atoms with E-state index in [4.69, 9.17) is 4.74 Å². The molecular formula is C16H19NO4S. The number of aliphatic hydroxyl groups excluding tert-OH is 1. The maximum absolute atomic E-state index is 12.1. The van der Waals surface area contributed by atoms with Crippen LogP contribution in [0.5, 0.6) is 5.75 Å². The summed E-state index contributed by atoms with van der Waals surface area (Å²) in [6, 6.07) is 12.9. The second-order valence-corrected chi connectivity index (χ2v) is 6.85. The zero-order valence-electron chi connectivity index (χ0n) is 12.5. The fraction of sp³-hybridized carbons (Fsp3) is 0.250. The van der Waals surface area contributed by atoms with Gasteiger partial charge in [0.25, 0.3) is 0 Å². The van der Waals surface area contributed by atoms with E-state index in [1.165, 1.54) is 7.11 Å². The SMILES string of the molecule is COc1ccc(NCc2ccccc2)c(S(C)(=O)=O)c1CO. The first-order chi connectivity index (χ1) is 10.5. The Morgan fingerprint density at radius 1 is 1.14 bits per heavy atom. The summed E-state index contributed by atoms with van der Waals surface area (Å²) in [5.74, 6) is 0.355. The number of sulfone groups is 1. The molecular weight excluding hydrogens is 302 g/mol. The first kappa shape index (κ1) is 16.3. The van der Waals surface area contributed by atoms with E-state index < -0.39 is 16.4 Å². The molecule has 0 atom stereocenters. The van der Waals surface area contributed by atoms with Gasteiger partial charge in [0.1, 0.15) is 5.75 Å². The number of ether oxygens (including phenoxy) is 1. The number of benzene rings is 2. The van der Waals surface area contributed by atoms with Gasteiger partial charge in [-0.2, -0.15) is 0 Å². The maximum atomic E-state index is 12.1. The third-order valence-corrected chi connectivity index (χ3v) is 4.50. The minimum Gasteiger partial charge on any atom is -0.496 e. The average molecular weight is 321 g/mol. The van der Waals surface area contributed by atoms with Gasteiger partial charge < -0.3 is 15.2 Å². The largest absolute Gasteiger partial charge is 0.496 e. The number of nitrogens with one attached hydrogen (secondary N) is 1. The zero-order chi connectivity index (χ0) is 16.2. The summed E-state index contributed by atoms with van der Waals surface area (Å²) < 4.78 is 29.4. The van der Waals surface area contributed by atoms with Gasteiger partial charge in [-0.05, 0) is 17.7 Å². The molecule has 0 radical (unpaired) electrons. The summed E-state index contributed by atoms with van der Waals surface area (Å²) in [6.07, 6.45) is 1.12. The molecule has 0 aliphatic carbocycles. The third-order valence-electron chi connectivity index (χ3n) is 3.29. The Balaban J connectivity index is 2.43. The van der Waals surface area contributed by atoms with Crippen LogP contribution in [-0.2, 0) is 23.0 Å². The van der Waals surface area contributed by atoms with Crippen molar-refractivity contribution in [3.05, 3.63) is 53.6 Å². The summed E-state index contributed by atoms with van der Waals surface area (Å²) in [5, 5.41) is 12.6. The predicted octanol–water partition coefficient (Wildman–Crippen LogP) is 2.20. The van der Waals surface area contributed by atoms with E-state index in [-0.39, 0.29) is 10.5 Å². The topological polar surface area (TPSA) is 75.6 Å². The van der Waals surface area contributed by atoms with Crippen molar-refractivity contribution >= 4 is 15.5 Å². The zero-order valence-corrected chi connectivity index (χ0v) is 13.4. The van der Waals surface area contributed by atoms with Gasteiger partial charge in [0.2, 0.25) is 0 Å². The molecule has 0 fully saturated rings. The van der Waals surface area contributed by atoms with Gasteiger partial charge >= 0.3 is 0 Å². The molecule has 0 spiro atoms. The van der Waals surface area contributed by atoms with Crippen LogP contribution in [0.4, 0.5) is 5.69 Å². The predicted molar refractivity (Wildman–Crippen MR) is 85.8 cm³/mol. The molecule has 2 aromatic rings. The van der Waals surface area contributed by atoms with Crippen LogP contribution in [0.15, 0.2) is 47.4 Å². The smallest absolute Gasteiger partial charge is 0.178 e. The van der Waals surface area contributed by atoms with Crippen molar-refractivity contribution in [2.45, 2.75) is 18.0 Å². The highest BCUT2D eigenvalue weighted by molar-refractivity contribution is 7.91. The first-order valence-corrected chi connectivity index (χ1v) is 8.65. The van der Waals surface area contributed by atoms with Crippen molar-refractivity contribution in [2.75, 3.05) is 18.7 Å². The highest BCUT2D eigenvalue weighted by Gasteiger charge is 2.21. The first-order valence-electron chi connectivity index (χ1n) is 6.76. The molecule has 118 valence electrons. The Kier molecular flexibility index (Phi) is 5.05. The van der Waals surface area contributed by atoms with Gasteiger partial charge in [-0.15, -0.1) is 0 Å². The van der Waals surface area contributed by atoms with Crippen molar-refractivity contribution in [3.8, 4) is 5.75 Å². The summed E-state index contributed by atoms with van der Waals surface area (Å²) >= 11 is 0. The van der Waals surface area contributed by atoms with Crippen LogP contribution in [-0.4, -0.2) is 26.9 Å². The number of hydrogen-bond acceptors (Lipinski definition) is 5. The van der Waals surface area contributed by atoms with Crippen LogP contribution in [0.1, 0.15) is 11.1 Å². The Morgan fingerprint density at radius 3 is 2.36 bits per heavy atom. The molecule has 0 saturated carbocycles. The number of rotatable bonds is 6. The fourth-order valence-corrected chi connectivity index (χ4v) is 3.46. The second kappa shape index (κ2) is 6.81. The highest BCUT2D eigenvalue weighted by atomic mass is 32.2. The maximum Gasteiger partial charge on any atom is 0.178 e. The lowest BCUT2D eigenvalue weighted by atomic mass is 10.1. The monoisotopic (exact) mass is 321 g/mol. The van der Waals surface area contributed by atoms with E-state index >= 15 is 0 Å². The molecule has 22 heavy (non-hydrogen) atoms. The van der Waals surface area contributed by atoms with E-state index in [0.717, 1.165) is 11.8 Å². The van der Waals surface area contributed by atoms with E-state index in [1.54, 1.807) is 12.1 Å². The number of anilines is 1. The number of hydrogen-bond donors (Lipinski definition) is 2. The average Bonchev–Trinajstić information content (AvgIpc) is 2.51. The molecule has 0 bridgehead atoms. The van der Waals surface area contributed by atoms with Gasteiger partial charge in [-0.3, -0.25) is 0 Å². The summed E-state index contributed by atoms with van der Waals surface area (Å²) in [4.78, 5) is 0.0743. The van der Waals surface area contributed by atoms with Gasteiger partial charge in [0, 0.05) is 18.4 Å². The molecule has 0 unspecified atom stereocenters. The summed E-state index contributed by atoms with van der Waals surface area (Å²) in [7, 11) is -2.07. The minimum absolute atomic E-state index is 0.0743. The molecule has 6 heteroatoms. The fourth-order valence-electron chi connectivity index (χ4n) is 2.31. The van der Waals surface area contributed by atoms with Crippen molar-refractivity contribution < 1.29 is 18.3 Å². The summed E-state index contributed by atoms with van der Waals surface area (Å²) in [5.41, 5.74) is 1.75. The van der Waals surface area contributed by atoms with Gasteiger partial charge in [-0.1, -0.05) is 30.3 Å². The molecule has 0 aliphatic rings. The minimum atomic E-state index is -3.52. The van der Waals surface area contributed by atoms with E-state index in [2.05, 4.69) is 5.32 Å². The van der Waals surface area contributed by atoms with Gasteiger partial charge in [0.05, 0.1) is 24.3 Å². The Morgan fingerprint density at radius 2 is 1.82 bits per heavy atom. The van der Waals surface area contributed by atoms with Gasteiger partial charge in [-0.25, -0.2) is 8.42 Å². The number of methoxy groups -OCH3 is 1. The van der Waals surface area contributed by atoms with Crippen LogP contribution in [0, 0.1) is 0 Å². The second-order valence-electron chi connectivity index (χ2n) is 4.89. The van der Waals surface area contributed by atoms with Crippen LogP contribution >= 0.6 is 0 Å². The van der Waals surface area contributed by atoms with Crippen LogP contribution in [0.3, 0.4) is 0 Å². The lowest BCUT2D eigenvalue weighted by molar-refractivity contribution is 0.270. The molecule has 5 nitrogen and oxygen atoms in total. The molecule has 0 heterocycles. The highest BCUT2D eigenvalue weighted by Crippen LogP contribution is 2.33. The van der Waals surface area contributed by atoms with E-state index in [1.807, 2.05) is 30.3 Å². The molecule has 2 aromatic carbocycles. The Hall–Kier alpha value is -2.05. The normalized spacial score (nSPS) is 11.2. The Labute approximate surface area is 130 Å². The van der Waals surface area contributed by atoms with Crippen LogP contribution in [0.2, 0.25) is 0 Å².